The molecule has 8 heteroatoms. The van der Waals surface area contributed by atoms with Crippen molar-refractivity contribution >= 4 is 46.1 Å². The highest BCUT2D eigenvalue weighted by molar-refractivity contribution is 6.30. The molecule has 0 spiro atoms. The van der Waals surface area contributed by atoms with Gasteiger partial charge < -0.3 is 25.4 Å². The number of anilines is 3. The van der Waals surface area contributed by atoms with Gasteiger partial charge in [0.2, 0.25) is 0 Å². The molecule has 2 amide bonds. The summed E-state index contributed by atoms with van der Waals surface area (Å²) < 4.78 is 5.86. The summed E-state index contributed by atoms with van der Waals surface area (Å²) in [7, 11) is 0. The highest BCUT2D eigenvalue weighted by atomic mass is 35.5. The SMILES string of the molecule is O=C(Nc1ccc(CN2c3ccccc3N=C(COc3ccccc3)C2O)cc1)Nc1cccc(Cl)c1. The fourth-order valence-electron chi connectivity index (χ4n) is 4.03. The Morgan fingerprint density at radius 3 is 2.41 bits per heavy atom. The molecule has 1 heterocycles. The van der Waals surface area contributed by atoms with Crippen molar-refractivity contribution in [2.75, 3.05) is 22.1 Å². The lowest BCUT2D eigenvalue weighted by atomic mass is 10.1. The normalized spacial score (nSPS) is 14.4. The molecular formula is C29H25ClN4O3. The lowest BCUT2D eigenvalue weighted by Crippen LogP contribution is -2.45. The number of aliphatic hydroxyl groups is 1. The summed E-state index contributed by atoms with van der Waals surface area (Å²) in [6.07, 6.45) is -0.945. The number of carbonyl (C=O) groups excluding carboxylic acids is 1. The van der Waals surface area contributed by atoms with E-state index in [1.807, 2.05) is 83.8 Å². The Morgan fingerprint density at radius 1 is 0.892 bits per heavy atom. The number of nitrogens with one attached hydrogen (secondary N) is 2. The van der Waals surface area contributed by atoms with Gasteiger partial charge in [-0.15, -0.1) is 0 Å². The van der Waals surface area contributed by atoms with Crippen LogP contribution in [-0.2, 0) is 6.54 Å². The Balaban J connectivity index is 1.26. The van der Waals surface area contributed by atoms with Gasteiger partial charge in [0.25, 0.3) is 0 Å². The third-order valence-corrected chi connectivity index (χ3v) is 6.06. The van der Waals surface area contributed by atoms with Crippen molar-refractivity contribution < 1.29 is 14.6 Å². The highest BCUT2D eigenvalue weighted by Crippen LogP contribution is 2.35. The van der Waals surface area contributed by atoms with Gasteiger partial charge in [0.1, 0.15) is 18.1 Å². The number of carbonyl (C=O) groups is 1. The molecule has 3 N–H and O–H groups in total. The second-order valence-corrected chi connectivity index (χ2v) is 8.92. The molecule has 1 atom stereocenters. The van der Waals surface area contributed by atoms with Crippen molar-refractivity contribution in [3.63, 3.8) is 0 Å². The van der Waals surface area contributed by atoms with Gasteiger partial charge in [0.05, 0.1) is 11.4 Å². The van der Waals surface area contributed by atoms with E-state index >= 15 is 0 Å². The minimum absolute atomic E-state index is 0.167. The lowest BCUT2D eigenvalue weighted by Gasteiger charge is -2.35. The Bertz CT molecular complexity index is 1410. The van der Waals surface area contributed by atoms with Gasteiger partial charge in [-0.2, -0.15) is 0 Å². The molecule has 1 aliphatic heterocycles. The third kappa shape index (κ3) is 6.09. The van der Waals surface area contributed by atoms with E-state index in [-0.39, 0.29) is 12.6 Å². The van der Waals surface area contributed by atoms with Crippen LogP contribution in [0.25, 0.3) is 0 Å². The molecule has 0 saturated carbocycles. The smallest absolute Gasteiger partial charge is 0.323 e. The third-order valence-electron chi connectivity index (χ3n) is 5.83. The summed E-state index contributed by atoms with van der Waals surface area (Å²) in [6, 6.07) is 31.2. The molecule has 0 fully saturated rings. The van der Waals surface area contributed by atoms with Gasteiger partial charge in [-0.05, 0) is 60.2 Å². The van der Waals surface area contributed by atoms with Crippen LogP contribution in [0.3, 0.4) is 0 Å². The van der Waals surface area contributed by atoms with Gasteiger partial charge in [-0.1, -0.05) is 60.1 Å². The Kier molecular flexibility index (Phi) is 7.35. The summed E-state index contributed by atoms with van der Waals surface area (Å²) in [5, 5.41) is 17.3. The first-order valence-corrected chi connectivity index (χ1v) is 12.1. The van der Waals surface area contributed by atoms with Crippen LogP contribution in [-0.4, -0.2) is 29.7 Å². The van der Waals surface area contributed by atoms with E-state index in [0.717, 1.165) is 16.9 Å². The van der Waals surface area contributed by atoms with Crippen molar-refractivity contribution in [1.29, 1.82) is 0 Å². The molecule has 5 rings (SSSR count). The van der Waals surface area contributed by atoms with Crippen molar-refractivity contribution in [2.45, 2.75) is 12.8 Å². The summed E-state index contributed by atoms with van der Waals surface area (Å²) >= 11 is 5.97. The van der Waals surface area contributed by atoms with Gasteiger partial charge in [0, 0.05) is 22.9 Å². The van der Waals surface area contributed by atoms with E-state index in [1.54, 1.807) is 24.3 Å². The number of urea groups is 1. The number of amides is 2. The van der Waals surface area contributed by atoms with Gasteiger partial charge in [0.15, 0.2) is 6.23 Å². The zero-order chi connectivity index (χ0) is 25.6. The number of nitrogens with zero attached hydrogens (tertiary/aromatic N) is 2. The number of fused-ring (bicyclic) bond motifs is 1. The number of hydrogen-bond acceptors (Lipinski definition) is 5. The Hall–Kier alpha value is -4.33. The number of para-hydroxylation sites is 3. The summed E-state index contributed by atoms with van der Waals surface area (Å²) in [5.41, 5.74) is 4.34. The number of hydrogen-bond donors (Lipinski definition) is 3. The molecule has 0 saturated heterocycles. The topological polar surface area (TPSA) is 86.2 Å². The lowest BCUT2D eigenvalue weighted by molar-refractivity contribution is 0.221. The quantitative estimate of drug-likeness (QED) is 0.265. The monoisotopic (exact) mass is 512 g/mol. The van der Waals surface area contributed by atoms with Crippen molar-refractivity contribution in [3.05, 3.63) is 114 Å². The van der Waals surface area contributed by atoms with E-state index < -0.39 is 6.23 Å². The van der Waals surface area contributed by atoms with Crippen LogP contribution in [0.5, 0.6) is 5.75 Å². The maximum absolute atomic E-state index is 12.3. The first-order chi connectivity index (χ1) is 18.0. The van der Waals surface area contributed by atoms with E-state index in [4.69, 9.17) is 16.3 Å². The standard InChI is InChI=1S/C29H25ClN4O3/c30-21-7-6-8-23(17-21)32-29(36)31-22-15-13-20(14-16-22)18-34-27-12-5-4-11-25(27)33-26(28(34)35)19-37-24-9-2-1-3-10-24/h1-17,28,35H,18-19H2,(H2,31,32,36). The minimum Gasteiger partial charge on any atom is -0.487 e. The first-order valence-electron chi connectivity index (χ1n) is 11.8. The Labute approximate surface area is 220 Å². The average molecular weight is 513 g/mol. The summed E-state index contributed by atoms with van der Waals surface area (Å²) in [5.74, 6) is 0.713. The molecule has 1 aliphatic rings. The molecular weight excluding hydrogens is 488 g/mol. The number of rotatable bonds is 7. The molecule has 0 aliphatic carbocycles. The van der Waals surface area contributed by atoms with Crippen LogP contribution in [0.1, 0.15) is 5.56 Å². The predicted molar refractivity (Wildman–Crippen MR) is 148 cm³/mol. The van der Waals surface area contributed by atoms with E-state index in [0.29, 0.717) is 34.4 Å². The van der Waals surface area contributed by atoms with Crippen molar-refractivity contribution in [1.82, 2.24) is 0 Å². The second-order valence-electron chi connectivity index (χ2n) is 8.48. The molecule has 0 bridgehead atoms. The number of aliphatic hydroxyl groups excluding tert-OH is 1. The van der Waals surface area contributed by atoms with E-state index in [2.05, 4.69) is 15.6 Å². The van der Waals surface area contributed by atoms with Crippen LogP contribution in [0, 0.1) is 0 Å². The fraction of sp³-hybridized carbons (Fsp3) is 0.103. The van der Waals surface area contributed by atoms with E-state index in [9.17, 15) is 9.90 Å². The number of halogens is 1. The zero-order valence-corrected chi connectivity index (χ0v) is 20.6. The van der Waals surface area contributed by atoms with Crippen LogP contribution in [0.15, 0.2) is 108 Å². The van der Waals surface area contributed by atoms with Crippen LogP contribution >= 0.6 is 11.6 Å². The maximum atomic E-state index is 12.3. The largest absolute Gasteiger partial charge is 0.487 e. The molecule has 1 unspecified atom stereocenters. The zero-order valence-electron chi connectivity index (χ0n) is 19.8. The van der Waals surface area contributed by atoms with Crippen molar-refractivity contribution in [3.8, 4) is 5.75 Å². The molecule has 186 valence electrons. The van der Waals surface area contributed by atoms with E-state index in [1.165, 1.54) is 0 Å². The number of aliphatic imine (C=N–C) groups is 1. The van der Waals surface area contributed by atoms with Crippen LogP contribution < -0.4 is 20.3 Å². The molecule has 0 radical (unpaired) electrons. The first kappa shape index (κ1) is 24.4. The van der Waals surface area contributed by atoms with Crippen LogP contribution in [0.2, 0.25) is 5.02 Å². The highest BCUT2D eigenvalue weighted by Gasteiger charge is 2.28. The molecule has 4 aromatic rings. The fourth-order valence-corrected chi connectivity index (χ4v) is 4.22. The summed E-state index contributed by atoms with van der Waals surface area (Å²) in [4.78, 5) is 18.9. The van der Waals surface area contributed by atoms with Gasteiger partial charge in [-0.3, -0.25) is 0 Å². The molecule has 37 heavy (non-hydrogen) atoms. The molecule has 7 nitrogen and oxygen atoms in total. The average Bonchev–Trinajstić information content (AvgIpc) is 2.91. The number of benzene rings is 4. The van der Waals surface area contributed by atoms with Crippen LogP contribution in [0.4, 0.5) is 27.5 Å². The predicted octanol–water partition coefficient (Wildman–Crippen LogP) is 6.47. The van der Waals surface area contributed by atoms with Gasteiger partial charge in [-0.25, -0.2) is 9.79 Å². The minimum atomic E-state index is -0.945. The molecule has 0 aromatic heterocycles. The summed E-state index contributed by atoms with van der Waals surface area (Å²) in [6.45, 7) is 0.609. The number of ether oxygens (including phenoxy) is 1. The van der Waals surface area contributed by atoms with Gasteiger partial charge >= 0.3 is 6.03 Å². The maximum Gasteiger partial charge on any atom is 0.323 e. The second kappa shape index (κ2) is 11.2. The molecule has 4 aromatic carbocycles. The Morgan fingerprint density at radius 2 is 1.62 bits per heavy atom. The van der Waals surface area contributed by atoms with Crippen molar-refractivity contribution in [2.24, 2.45) is 4.99 Å².